The van der Waals surface area contributed by atoms with E-state index in [1.165, 1.54) is 30.6 Å². The maximum atomic E-state index is 12.6. The second-order valence-corrected chi connectivity index (χ2v) is 8.33. The summed E-state index contributed by atoms with van der Waals surface area (Å²) in [6.07, 6.45) is 4.23. The molecular formula is C18H23N3O2S. The van der Waals surface area contributed by atoms with Crippen LogP contribution in [0.2, 0.25) is 0 Å². The van der Waals surface area contributed by atoms with Gasteiger partial charge in [-0.3, -0.25) is 9.59 Å². The highest BCUT2D eigenvalue weighted by molar-refractivity contribution is 7.16. The monoisotopic (exact) mass is 345 g/mol. The van der Waals surface area contributed by atoms with E-state index < -0.39 is 0 Å². The zero-order valence-electron chi connectivity index (χ0n) is 14.2. The Morgan fingerprint density at radius 3 is 2.83 bits per heavy atom. The first-order valence-electron chi connectivity index (χ1n) is 8.82. The Balaban J connectivity index is 1.60. The van der Waals surface area contributed by atoms with Crippen molar-refractivity contribution in [3.63, 3.8) is 0 Å². The highest BCUT2D eigenvalue weighted by Gasteiger charge is 2.34. The van der Waals surface area contributed by atoms with Crippen molar-refractivity contribution in [1.82, 2.24) is 14.9 Å². The Kier molecular flexibility index (Phi) is 3.95. The van der Waals surface area contributed by atoms with Gasteiger partial charge >= 0.3 is 0 Å². The van der Waals surface area contributed by atoms with Gasteiger partial charge in [0.05, 0.1) is 5.39 Å². The van der Waals surface area contributed by atoms with E-state index in [1.807, 2.05) is 10.3 Å². The molecule has 6 heteroatoms. The van der Waals surface area contributed by atoms with Crippen molar-refractivity contribution in [1.29, 1.82) is 0 Å². The molecule has 0 spiro atoms. The summed E-state index contributed by atoms with van der Waals surface area (Å²) in [6, 6.07) is 0. The van der Waals surface area contributed by atoms with E-state index >= 15 is 0 Å². The number of carbonyl (C=O) groups is 1. The van der Waals surface area contributed by atoms with Gasteiger partial charge in [-0.1, -0.05) is 20.3 Å². The Morgan fingerprint density at radius 2 is 2.17 bits per heavy atom. The maximum Gasteiger partial charge on any atom is 0.259 e. The van der Waals surface area contributed by atoms with Gasteiger partial charge in [0.2, 0.25) is 5.91 Å². The Morgan fingerprint density at radius 1 is 1.38 bits per heavy atom. The normalized spacial score (nSPS) is 21.9. The molecule has 0 bridgehead atoms. The maximum absolute atomic E-state index is 12.6. The standard InChI is InChI=1S/C18H23N3O2S/c1-10(2)13-9-24-18-15(13)17(23)19-16(20-18)12-6-14(22)21(8-12)7-11-4-3-5-11/h9-12H,3-8H2,1-2H3,(H,19,20,23)/t12-/m1/s1. The van der Waals surface area contributed by atoms with Gasteiger partial charge < -0.3 is 9.88 Å². The fourth-order valence-electron chi connectivity index (χ4n) is 3.72. The van der Waals surface area contributed by atoms with Gasteiger partial charge in [0, 0.05) is 25.4 Å². The van der Waals surface area contributed by atoms with Crippen LogP contribution in [0.4, 0.5) is 0 Å². The molecule has 5 nitrogen and oxygen atoms in total. The zero-order valence-corrected chi connectivity index (χ0v) is 15.0. The number of carbonyl (C=O) groups excluding carboxylic acids is 1. The molecule has 4 rings (SSSR count). The van der Waals surface area contributed by atoms with E-state index in [9.17, 15) is 9.59 Å². The number of aromatic nitrogens is 2. The van der Waals surface area contributed by atoms with Crippen LogP contribution in [-0.2, 0) is 4.79 Å². The molecule has 128 valence electrons. The molecule has 1 aliphatic carbocycles. The van der Waals surface area contributed by atoms with Crippen molar-refractivity contribution in [3.05, 3.63) is 27.1 Å². The molecule has 2 aromatic rings. The van der Waals surface area contributed by atoms with E-state index in [0.717, 1.165) is 22.3 Å². The Labute approximate surface area is 145 Å². The van der Waals surface area contributed by atoms with Crippen molar-refractivity contribution in [2.45, 2.75) is 51.4 Å². The summed E-state index contributed by atoms with van der Waals surface area (Å²) in [5.41, 5.74) is 0.995. The highest BCUT2D eigenvalue weighted by Crippen LogP contribution is 2.33. The number of hydrogen-bond donors (Lipinski definition) is 1. The minimum absolute atomic E-state index is 0.0132. The molecule has 1 atom stereocenters. The van der Waals surface area contributed by atoms with E-state index in [0.29, 0.717) is 30.6 Å². The van der Waals surface area contributed by atoms with Crippen LogP contribution in [0, 0.1) is 5.92 Å². The van der Waals surface area contributed by atoms with E-state index in [-0.39, 0.29) is 17.4 Å². The lowest BCUT2D eigenvalue weighted by Gasteiger charge is -2.30. The van der Waals surface area contributed by atoms with Gasteiger partial charge in [0.1, 0.15) is 10.7 Å². The number of likely N-dealkylation sites (tertiary alicyclic amines) is 1. The molecule has 2 aliphatic rings. The van der Waals surface area contributed by atoms with Gasteiger partial charge in [-0.15, -0.1) is 11.3 Å². The topological polar surface area (TPSA) is 66.1 Å². The summed E-state index contributed by atoms with van der Waals surface area (Å²) < 4.78 is 0. The number of rotatable bonds is 4. The number of aromatic amines is 1. The molecule has 1 saturated carbocycles. The minimum Gasteiger partial charge on any atom is -0.342 e. The quantitative estimate of drug-likeness (QED) is 0.925. The first-order valence-corrected chi connectivity index (χ1v) is 9.70. The second kappa shape index (κ2) is 5.99. The average Bonchev–Trinajstić information content (AvgIpc) is 3.07. The largest absolute Gasteiger partial charge is 0.342 e. The van der Waals surface area contributed by atoms with Gasteiger partial charge in [-0.05, 0) is 35.6 Å². The number of amides is 1. The Hall–Kier alpha value is -1.69. The van der Waals surface area contributed by atoms with Crippen molar-refractivity contribution in [2.75, 3.05) is 13.1 Å². The summed E-state index contributed by atoms with van der Waals surface area (Å²) in [5.74, 6) is 1.86. The predicted molar refractivity (Wildman–Crippen MR) is 95.6 cm³/mol. The third kappa shape index (κ3) is 2.66. The molecule has 1 N–H and O–H groups in total. The molecule has 2 aromatic heterocycles. The van der Waals surface area contributed by atoms with Crippen LogP contribution in [0.3, 0.4) is 0 Å². The molecule has 1 amide bonds. The Bertz CT molecular complexity index is 834. The zero-order chi connectivity index (χ0) is 16.8. The number of nitrogens with one attached hydrogen (secondary N) is 1. The van der Waals surface area contributed by atoms with Crippen molar-refractivity contribution in [2.24, 2.45) is 5.92 Å². The van der Waals surface area contributed by atoms with Crippen LogP contribution >= 0.6 is 11.3 Å². The van der Waals surface area contributed by atoms with Crippen LogP contribution in [0.5, 0.6) is 0 Å². The summed E-state index contributed by atoms with van der Waals surface area (Å²) in [5, 5.41) is 2.75. The van der Waals surface area contributed by atoms with Crippen molar-refractivity contribution < 1.29 is 4.79 Å². The van der Waals surface area contributed by atoms with E-state index in [2.05, 4.69) is 23.8 Å². The predicted octanol–water partition coefficient (Wildman–Crippen LogP) is 3.22. The fraction of sp³-hybridized carbons (Fsp3) is 0.611. The fourth-order valence-corrected chi connectivity index (χ4v) is 4.83. The molecular weight excluding hydrogens is 322 g/mol. The van der Waals surface area contributed by atoms with Gasteiger partial charge in [-0.25, -0.2) is 4.98 Å². The number of fused-ring (bicyclic) bond motifs is 1. The summed E-state index contributed by atoms with van der Waals surface area (Å²) in [4.78, 5) is 35.2. The van der Waals surface area contributed by atoms with Gasteiger partial charge in [0.15, 0.2) is 0 Å². The summed E-state index contributed by atoms with van der Waals surface area (Å²) in [6.45, 7) is 5.73. The van der Waals surface area contributed by atoms with Crippen LogP contribution in [0.1, 0.15) is 62.8 Å². The first-order chi connectivity index (χ1) is 11.5. The lowest BCUT2D eigenvalue weighted by molar-refractivity contribution is -0.128. The van der Waals surface area contributed by atoms with Crippen LogP contribution < -0.4 is 5.56 Å². The molecule has 1 saturated heterocycles. The summed E-state index contributed by atoms with van der Waals surface area (Å²) in [7, 11) is 0. The second-order valence-electron chi connectivity index (χ2n) is 7.47. The molecule has 1 aliphatic heterocycles. The average molecular weight is 345 g/mol. The number of H-pyrrole nitrogens is 1. The van der Waals surface area contributed by atoms with Gasteiger partial charge in [-0.2, -0.15) is 0 Å². The molecule has 24 heavy (non-hydrogen) atoms. The van der Waals surface area contributed by atoms with Crippen LogP contribution in [0.25, 0.3) is 10.2 Å². The highest BCUT2D eigenvalue weighted by atomic mass is 32.1. The lowest BCUT2D eigenvalue weighted by Crippen LogP contribution is -2.33. The third-order valence-electron chi connectivity index (χ3n) is 5.42. The molecule has 3 heterocycles. The van der Waals surface area contributed by atoms with Crippen LogP contribution in [-0.4, -0.2) is 33.9 Å². The van der Waals surface area contributed by atoms with E-state index in [1.54, 1.807) is 0 Å². The number of hydrogen-bond acceptors (Lipinski definition) is 4. The van der Waals surface area contributed by atoms with Crippen LogP contribution in [0.15, 0.2) is 10.2 Å². The first kappa shape index (κ1) is 15.8. The minimum atomic E-state index is -0.0650. The van der Waals surface area contributed by atoms with Gasteiger partial charge in [0.25, 0.3) is 5.56 Å². The summed E-state index contributed by atoms with van der Waals surface area (Å²) >= 11 is 1.52. The molecule has 2 fully saturated rings. The third-order valence-corrected chi connectivity index (χ3v) is 6.31. The van der Waals surface area contributed by atoms with E-state index in [4.69, 9.17) is 0 Å². The van der Waals surface area contributed by atoms with Crippen molar-refractivity contribution >= 4 is 27.5 Å². The smallest absolute Gasteiger partial charge is 0.259 e. The lowest BCUT2D eigenvalue weighted by atomic mass is 9.85. The number of thiophene rings is 1. The number of nitrogens with zero attached hydrogens (tertiary/aromatic N) is 2. The molecule has 0 unspecified atom stereocenters. The molecule has 0 aromatic carbocycles. The molecule has 0 radical (unpaired) electrons. The van der Waals surface area contributed by atoms with Crippen molar-refractivity contribution in [3.8, 4) is 0 Å². The SMILES string of the molecule is CC(C)c1csc2nc([C@@H]3CC(=O)N(CC4CCC4)C3)[nH]c(=O)c12.